The van der Waals surface area contributed by atoms with Gasteiger partial charge in [-0.15, -0.1) is 0 Å². The molecular weight excluding hydrogens is 408 g/mol. The highest BCUT2D eigenvalue weighted by Crippen LogP contribution is 2.39. The summed E-state index contributed by atoms with van der Waals surface area (Å²) in [5.74, 6) is -0.395. The monoisotopic (exact) mass is 440 g/mol. The van der Waals surface area contributed by atoms with Crippen molar-refractivity contribution in [3.63, 3.8) is 0 Å². The number of hydrogen-bond acceptors (Lipinski definition) is 6. The molecule has 1 amide bonds. The van der Waals surface area contributed by atoms with Gasteiger partial charge in [-0.05, 0) is 55.7 Å². The summed E-state index contributed by atoms with van der Waals surface area (Å²) in [6.07, 6.45) is 4.67. The quantitative estimate of drug-likeness (QED) is 0.182. The van der Waals surface area contributed by atoms with Crippen LogP contribution in [0, 0.1) is 11.8 Å². The normalized spacial score (nSPS) is 23.3. The molecule has 30 heavy (non-hydrogen) atoms. The molecule has 0 aliphatic heterocycles. The molecule has 2 rings (SSSR count). The van der Waals surface area contributed by atoms with E-state index in [4.69, 9.17) is 16.8 Å². The van der Waals surface area contributed by atoms with Crippen LogP contribution in [0.1, 0.15) is 57.8 Å². The molecule has 0 heterocycles. The van der Waals surface area contributed by atoms with E-state index in [0.717, 1.165) is 31.4 Å². The molecule has 0 spiro atoms. The molecule has 0 aromatic heterocycles. The van der Waals surface area contributed by atoms with E-state index in [1.165, 1.54) is 0 Å². The predicted octanol–water partition coefficient (Wildman–Crippen LogP) is 3.31. The second-order valence-corrected chi connectivity index (χ2v) is 8.56. The molecule has 1 aliphatic rings. The van der Waals surface area contributed by atoms with Crippen LogP contribution < -0.4 is 10.8 Å². The number of hydrogen-bond donors (Lipinski definition) is 5. The van der Waals surface area contributed by atoms with Crippen molar-refractivity contribution in [2.75, 3.05) is 11.9 Å². The second kappa shape index (κ2) is 12.9. The number of halogens is 1. The van der Waals surface area contributed by atoms with Crippen LogP contribution in [0.15, 0.2) is 24.3 Å². The summed E-state index contributed by atoms with van der Waals surface area (Å²) in [5.41, 5.74) is 2.42. The van der Waals surface area contributed by atoms with Crippen molar-refractivity contribution in [1.29, 1.82) is 0 Å². The number of aliphatic hydroxyl groups excluding tert-OH is 2. The number of carbonyl (C=O) groups is 2. The molecule has 1 fully saturated rings. The number of ketones is 1. The summed E-state index contributed by atoms with van der Waals surface area (Å²) >= 11 is 5.94. The summed E-state index contributed by atoms with van der Waals surface area (Å²) in [5, 5.41) is 32.8. The minimum atomic E-state index is -0.577. The van der Waals surface area contributed by atoms with Crippen LogP contribution in [-0.2, 0) is 9.59 Å². The Hall–Kier alpha value is -1.67. The molecule has 0 saturated heterocycles. The first kappa shape index (κ1) is 24.6. The number of anilines is 1. The van der Waals surface area contributed by atoms with Gasteiger partial charge in [-0.3, -0.25) is 14.8 Å². The molecular formula is C22H33ClN2O5. The van der Waals surface area contributed by atoms with Gasteiger partial charge in [-0.1, -0.05) is 36.9 Å². The predicted molar refractivity (Wildman–Crippen MR) is 115 cm³/mol. The van der Waals surface area contributed by atoms with Gasteiger partial charge in [0.25, 0.3) is 0 Å². The van der Waals surface area contributed by atoms with Crippen LogP contribution in [0.25, 0.3) is 0 Å². The molecule has 0 bridgehead atoms. The Bertz CT molecular complexity index is 687. The van der Waals surface area contributed by atoms with Crippen molar-refractivity contribution in [2.45, 2.75) is 70.0 Å². The van der Waals surface area contributed by atoms with Crippen LogP contribution in [0.5, 0.6) is 0 Å². The number of amides is 1. The fourth-order valence-electron chi connectivity index (χ4n) is 4.27. The molecule has 1 saturated carbocycles. The molecule has 1 aliphatic carbocycles. The summed E-state index contributed by atoms with van der Waals surface area (Å²) in [7, 11) is 0. The first-order valence-corrected chi connectivity index (χ1v) is 11.1. The molecule has 5 N–H and O–H groups in total. The van der Waals surface area contributed by atoms with E-state index in [0.29, 0.717) is 37.1 Å². The zero-order chi connectivity index (χ0) is 21.9. The van der Waals surface area contributed by atoms with Crippen LogP contribution in [0.3, 0.4) is 0 Å². The summed E-state index contributed by atoms with van der Waals surface area (Å²) in [6, 6.07) is 7.20. The van der Waals surface area contributed by atoms with E-state index in [-0.39, 0.29) is 30.1 Å². The first-order chi connectivity index (χ1) is 14.4. The lowest BCUT2D eigenvalue weighted by Gasteiger charge is -2.23. The Morgan fingerprint density at radius 3 is 2.40 bits per heavy atom. The SMILES string of the molecule is O=C(CC[C@@H]1[C@@H](CCCCCCC(=O)NO)[C@@H](O)C[C@H]1O)CNc1cccc(Cl)c1. The molecule has 1 aromatic rings. The highest BCUT2D eigenvalue weighted by atomic mass is 35.5. The van der Waals surface area contributed by atoms with E-state index >= 15 is 0 Å². The third-order valence-electron chi connectivity index (χ3n) is 5.91. The smallest absolute Gasteiger partial charge is 0.243 e. The van der Waals surface area contributed by atoms with Gasteiger partial charge in [-0.2, -0.15) is 0 Å². The average molecular weight is 441 g/mol. The molecule has 0 unspecified atom stereocenters. The number of Topliss-reactive ketones (excluding diaryl/α,β-unsaturated/α-hetero) is 1. The highest BCUT2D eigenvalue weighted by molar-refractivity contribution is 6.30. The number of carbonyl (C=O) groups excluding carboxylic acids is 2. The lowest BCUT2D eigenvalue weighted by Crippen LogP contribution is -2.24. The van der Waals surface area contributed by atoms with Gasteiger partial charge in [0.1, 0.15) is 0 Å². The lowest BCUT2D eigenvalue weighted by atomic mass is 9.85. The third-order valence-corrected chi connectivity index (χ3v) is 6.14. The standard InChI is InChI=1S/C22H33ClN2O5/c23-15-6-5-7-16(12-15)24-14-17(26)10-11-19-18(20(27)13-21(19)28)8-3-1-2-4-9-22(29)25-30/h5-7,12,18-21,24,27-28,30H,1-4,8-11,13-14H2,(H,25,29)/t18-,19-,20+,21-/m1/s1. The number of benzene rings is 1. The van der Waals surface area contributed by atoms with Crippen LogP contribution >= 0.6 is 11.6 Å². The minimum Gasteiger partial charge on any atom is -0.393 e. The fraction of sp³-hybridized carbons (Fsp3) is 0.636. The van der Waals surface area contributed by atoms with Crippen molar-refractivity contribution >= 4 is 29.0 Å². The van der Waals surface area contributed by atoms with Crippen molar-refractivity contribution < 1.29 is 25.0 Å². The zero-order valence-corrected chi connectivity index (χ0v) is 18.0. The summed E-state index contributed by atoms with van der Waals surface area (Å²) in [4.78, 5) is 23.3. The maximum Gasteiger partial charge on any atom is 0.243 e. The van der Waals surface area contributed by atoms with E-state index in [1.807, 2.05) is 12.1 Å². The van der Waals surface area contributed by atoms with Gasteiger partial charge >= 0.3 is 0 Å². The van der Waals surface area contributed by atoms with E-state index < -0.39 is 12.2 Å². The lowest BCUT2D eigenvalue weighted by molar-refractivity contribution is -0.129. The Kier molecular flexibility index (Phi) is 10.6. The van der Waals surface area contributed by atoms with E-state index in [1.54, 1.807) is 17.6 Å². The summed E-state index contributed by atoms with van der Waals surface area (Å²) in [6.45, 7) is 0.206. The van der Waals surface area contributed by atoms with Gasteiger partial charge in [0, 0.05) is 23.6 Å². The maximum atomic E-state index is 12.3. The van der Waals surface area contributed by atoms with Crippen LogP contribution in [-0.4, -0.2) is 45.9 Å². The van der Waals surface area contributed by atoms with Crippen LogP contribution in [0.4, 0.5) is 5.69 Å². The zero-order valence-electron chi connectivity index (χ0n) is 17.2. The number of aliphatic hydroxyl groups is 2. The molecule has 1 aromatic carbocycles. The second-order valence-electron chi connectivity index (χ2n) is 8.13. The van der Waals surface area contributed by atoms with Crippen LogP contribution in [0.2, 0.25) is 5.02 Å². The van der Waals surface area contributed by atoms with Gasteiger partial charge in [0.15, 0.2) is 5.78 Å². The maximum absolute atomic E-state index is 12.3. The fourth-order valence-corrected chi connectivity index (χ4v) is 4.46. The number of rotatable bonds is 13. The van der Waals surface area contributed by atoms with Crippen molar-refractivity contribution in [1.82, 2.24) is 5.48 Å². The van der Waals surface area contributed by atoms with Gasteiger partial charge in [-0.25, -0.2) is 5.48 Å². The average Bonchev–Trinajstić information content (AvgIpc) is 2.99. The van der Waals surface area contributed by atoms with E-state index in [2.05, 4.69) is 5.32 Å². The Balaban J connectivity index is 1.70. The van der Waals surface area contributed by atoms with E-state index in [9.17, 15) is 19.8 Å². The molecule has 168 valence electrons. The van der Waals surface area contributed by atoms with Crippen molar-refractivity contribution in [3.05, 3.63) is 29.3 Å². The number of hydroxylamine groups is 1. The third kappa shape index (κ3) is 8.22. The topological polar surface area (TPSA) is 119 Å². The number of nitrogens with one attached hydrogen (secondary N) is 2. The van der Waals surface area contributed by atoms with Gasteiger partial charge in [0.05, 0.1) is 18.8 Å². The van der Waals surface area contributed by atoms with Gasteiger partial charge in [0.2, 0.25) is 5.91 Å². The molecule has 4 atom stereocenters. The summed E-state index contributed by atoms with van der Waals surface area (Å²) < 4.78 is 0. The Morgan fingerprint density at radius 2 is 1.70 bits per heavy atom. The largest absolute Gasteiger partial charge is 0.393 e. The minimum absolute atomic E-state index is 0.00516. The Morgan fingerprint density at radius 1 is 1.00 bits per heavy atom. The van der Waals surface area contributed by atoms with Crippen molar-refractivity contribution in [2.24, 2.45) is 11.8 Å². The molecule has 7 nitrogen and oxygen atoms in total. The van der Waals surface area contributed by atoms with Crippen molar-refractivity contribution in [3.8, 4) is 0 Å². The molecule has 8 heteroatoms. The molecule has 0 radical (unpaired) electrons. The highest BCUT2D eigenvalue weighted by Gasteiger charge is 2.40. The Labute approximate surface area is 182 Å². The first-order valence-electron chi connectivity index (χ1n) is 10.7. The number of unbranched alkanes of at least 4 members (excludes halogenated alkanes) is 3. The van der Waals surface area contributed by atoms with Gasteiger partial charge < -0.3 is 15.5 Å².